The first-order valence-electron chi connectivity index (χ1n) is 5.95. The number of hydrogen-bond donors (Lipinski definition) is 0. The van der Waals surface area contributed by atoms with Crippen molar-refractivity contribution in [2.45, 2.75) is 20.3 Å². The van der Waals surface area contributed by atoms with E-state index in [1.807, 2.05) is 0 Å². The van der Waals surface area contributed by atoms with Crippen molar-refractivity contribution < 1.29 is 14.4 Å². The van der Waals surface area contributed by atoms with Gasteiger partial charge in [0.05, 0.1) is 11.6 Å². The van der Waals surface area contributed by atoms with Gasteiger partial charge in [0.2, 0.25) is 11.8 Å². The molecule has 1 aliphatic rings. The molecule has 4 nitrogen and oxygen atoms in total. The Morgan fingerprint density at radius 3 is 2.37 bits per heavy atom. The maximum absolute atomic E-state index is 12.3. The number of anilines is 1. The molecule has 1 aromatic carbocycles. The van der Waals surface area contributed by atoms with E-state index in [2.05, 4.69) is 0 Å². The number of aldehydes is 1. The summed E-state index contributed by atoms with van der Waals surface area (Å²) in [6, 6.07) is 6.48. The first-order valence-corrected chi connectivity index (χ1v) is 6.33. The van der Waals surface area contributed by atoms with Gasteiger partial charge < -0.3 is 4.79 Å². The van der Waals surface area contributed by atoms with E-state index in [9.17, 15) is 14.4 Å². The quantitative estimate of drug-likeness (QED) is 0.631. The number of carbonyl (C=O) groups excluding carboxylic acids is 3. The lowest BCUT2D eigenvalue weighted by Gasteiger charge is -2.23. The molecular formula is C14H14ClNO3. The number of benzene rings is 1. The van der Waals surface area contributed by atoms with Crippen molar-refractivity contribution in [1.29, 1.82) is 0 Å². The largest absolute Gasteiger partial charge is 0.303 e. The van der Waals surface area contributed by atoms with E-state index < -0.39 is 11.3 Å². The van der Waals surface area contributed by atoms with Gasteiger partial charge in [0.15, 0.2) is 0 Å². The highest BCUT2D eigenvalue weighted by molar-refractivity contribution is 6.30. The predicted molar refractivity (Wildman–Crippen MR) is 71.9 cm³/mol. The van der Waals surface area contributed by atoms with Crippen molar-refractivity contribution in [2.75, 3.05) is 4.90 Å². The van der Waals surface area contributed by atoms with Gasteiger partial charge in [-0.05, 0) is 24.3 Å². The number of halogens is 1. The fourth-order valence-electron chi connectivity index (χ4n) is 2.16. The highest BCUT2D eigenvalue weighted by atomic mass is 35.5. The third-order valence-electron chi connectivity index (χ3n) is 3.43. The van der Waals surface area contributed by atoms with Crippen molar-refractivity contribution in [1.82, 2.24) is 0 Å². The molecule has 100 valence electrons. The van der Waals surface area contributed by atoms with Crippen molar-refractivity contribution in [3.05, 3.63) is 29.3 Å². The Bertz CT molecular complexity index is 536. The van der Waals surface area contributed by atoms with Crippen LogP contribution in [0.1, 0.15) is 20.3 Å². The zero-order chi connectivity index (χ0) is 14.2. The normalized spacial score (nSPS) is 19.9. The van der Waals surface area contributed by atoms with Gasteiger partial charge in [-0.2, -0.15) is 0 Å². The number of amides is 2. The second-order valence-corrected chi connectivity index (χ2v) is 5.68. The summed E-state index contributed by atoms with van der Waals surface area (Å²) < 4.78 is 0. The first kappa shape index (κ1) is 13.7. The van der Waals surface area contributed by atoms with E-state index in [0.29, 0.717) is 10.7 Å². The van der Waals surface area contributed by atoms with Crippen LogP contribution < -0.4 is 4.90 Å². The lowest BCUT2D eigenvalue weighted by Crippen LogP contribution is -2.35. The second-order valence-electron chi connectivity index (χ2n) is 5.24. The van der Waals surface area contributed by atoms with Crippen molar-refractivity contribution in [3.63, 3.8) is 0 Å². The predicted octanol–water partition coefficient (Wildman–Crippen LogP) is 2.44. The Kier molecular flexibility index (Phi) is 3.45. The standard InChI is InChI=1S/C14H14ClNO3/c1-14(2,8-17)11-7-12(18)16(13(11)19)10-5-3-9(15)4-6-10/h3-6,8,11H,7H2,1-2H3. The third-order valence-corrected chi connectivity index (χ3v) is 3.69. The second kappa shape index (κ2) is 4.78. The smallest absolute Gasteiger partial charge is 0.238 e. The lowest BCUT2D eigenvalue weighted by atomic mass is 9.79. The molecule has 1 aromatic rings. The Hall–Kier alpha value is -1.68. The van der Waals surface area contributed by atoms with Crippen LogP contribution in [-0.2, 0) is 14.4 Å². The maximum Gasteiger partial charge on any atom is 0.238 e. The summed E-state index contributed by atoms with van der Waals surface area (Å²) in [6.07, 6.45) is 0.793. The molecule has 0 aromatic heterocycles. The van der Waals surface area contributed by atoms with Crippen LogP contribution in [0.15, 0.2) is 24.3 Å². The molecule has 1 atom stereocenters. The Morgan fingerprint density at radius 1 is 1.26 bits per heavy atom. The average molecular weight is 280 g/mol. The molecule has 5 heteroatoms. The number of rotatable bonds is 3. The van der Waals surface area contributed by atoms with Gasteiger partial charge in [-0.25, -0.2) is 0 Å². The minimum atomic E-state index is -0.839. The van der Waals surface area contributed by atoms with Crippen LogP contribution in [0.2, 0.25) is 5.02 Å². The summed E-state index contributed by atoms with van der Waals surface area (Å²) >= 11 is 5.78. The van der Waals surface area contributed by atoms with Crippen molar-refractivity contribution in [2.24, 2.45) is 11.3 Å². The Morgan fingerprint density at radius 2 is 1.84 bits per heavy atom. The van der Waals surface area contributed by atoms with Crippen LogP contribution in [0.3, 0.4) is 0 Å². The van der Waals surface area contributed by atoms with Gasteiger partial charge in [-0.1, -0.05) is 25.4 Å². The molecular weight excluding hydrogens is 266 g/mol. The lowest BCUT2D eigenvalue weighted by molar-refractivity contribution is -0.129. The van der Waals surface area contributed by atoms with E-state index in [-0.39, 0.29) is 18.2 Å². The molecule has 0 aliphatic carbocycles. The topological polar surface area (TPSA) is 54.5 Å². The molecule has 0 N–H and O–H groups in total. The number of nitrogens with zero attached hydrogens (tertiary/aromatic N) is 1. The molecule has 0 bridgehead atoms. The monoisotopic (exact) mass is 279 g/mol. The summed E-state index contributed by atoms with van der Waals surface area (Å²) in [5, 5.41) is 0.535. The molecule has 1 fully saturated rings. The minimum Gasteiger partial charge on any atom is -0.303 e. The van der Waals surface area contributed by atoms with Crippen molar-refractivity contribution >= 4 is 35.4 Å². The van der Waals surface area contributed by atoms with E-state index in [4.69, 9.17) is 11.6 Å². The minimum absolute atomic E-state index is 0.0627. The van der Waals surface area contributed by atoms with Gasteiger partial charge >= 0.3 is 0 Å². The SMILES string of the molecule is CC(C)(C=O)C1CC(=O)N(c2ccc(Cl)cc2)C1=O. The highest BCUT2D eigenvalue weighted by Gasteiger charge is 2.47. The zero-order valence-electron chi connectivity index (χ0n) is 10.7. The van der Waals surface area contributed by atoms with Gasteiger partial charge in [0.1, 0.15) is 6.29 Å². The zero-order valence-corrected chi connectivity index (χ0v) is 11.5. The molecule has 0 spiro atoms. The summed E-state index contributed by atoms with van der Waals surface area (Å²) in [5.74, 6) is -1.22. The van der Waals surface area contributed by atoms with Crippen LogP contribution in [0, 0.1) is 11.3 Å². The molecule has 0 saturated carbocycles. The van der Waals surface area contributed by atoms with Gasteiger partial charge in [0, 0.05) is 16.9 Å². The molecule has 1 unspecified atom stereocenters. The molecule has 19 heavy (non-hydrogen) atoms. The summed E-state index contributed by atoms with van der Waals surface area (Å²) in [5.41, 5.74) is -0.350. The van der Waals surface area contributed by atoms with Crippen LogP contribution in [0.4, 0.5) is 5.69 Å². The van der Waals surface area contributed by atoms with Gasteiger partial charge in [-0.3, -0.25) is 14.5 Å². The summed E-state index contributed by atoms with van der Waals surface area (Å²) in [7, 11) is 0. The van der Waals surface area contributed by atoms with Gasteiger partial charge in [-0.15, -0.1) is 0 Å². The number of carbonyl (C=O) groups is 3. The molecule has 2 amide bonds. The molecule has 2 rings (SSSR count). The van der Waals surface area contributed by atoms with E-state index in [0.717, 1.165) is 11.2 Å². The first-order chi connectivity index (χ1) is 8.86. The average Bonchev–Trinajstić information content (AvgIpc) is 2.67. The Balaban J connectivity index is 2.34. The maximum atomic E-state index is 12.3. The fourth-order valence-corrected chi connectivity index (χ4v) is 2.28. The fraction of sp³-hybridized carbons (Fsp3) is 0.357. The van der Waals surface area contributed by atoms with Crippen LogP contribution in [0.5, 0.6) is 0 Å². The number of imide groups is 1. The van der Waals surface area contributed by atoms with Crippen molar-refractivity contribution in [3.8, 4) is 0 Å². The van der Waals surface area contributed by atoms with Gasteiger partial charge in [0.25, 0.3) is 0 Å². The molecule has 0 radical (unpaired) electrons. The molecule has 1 heterocycles. The van der Waals surface area contributed by atoms with Crippen LogP contribution >= 0.6 is 11.6 Å². The molecule has 1 saturated heterocycles. The summed E-state index contributed by atoms with van der Waals surface area (Å²) in [6.45, 7) is 3.34. The van der Waals surface area contributed by atoms with Crippen LogP contribution in [-0.4, -0.2) is 18.1 Å². The highest BCUT2D eigenvalue weighted by Crippen LogP contribution is 2.36. The summed E-state index contributed by atoms with van der Waals surface area (Å²) in [4.78, 5) is 36.5. The molecule has 1 aliphatic heterocycles. The van der Waals surface area contributed by atoms with E-state index >= 15 is 0 Å². The Labute approximate surface area is 116 Å². The van der Waals surface area contributed by atoms with E-state index in [1.165, 1.54) is 0 Å². The third kappa shape index (κ3) is 2.40. The number of hydrogen-bond acceptors (Lipinski definition) is 3. The van der Waals surface area contributed by atoms with Crippen LogP contribution in [0.25, 0.3) is 0 Å². The van der Waals surface area contributed by atoms with E-state index in [1.54, 1.807) is 38.1 Å².